The predicted molar refractivity (Wildman–Crippen MR) is 107 cm³/mol. The Kier molecular flexibility index (Phi) is 7.42. The minimum atomic E-state index is -3.46. The third-order valence-corrected chi connectivity index (χ3v) is 5.69. The van der Waals surface area contributed by atoms with Crippen molar-refractivity contribution in [2.75, 3.05) is 33.9 Å². The van der Waals surface area contributed by atoms with E-state index in [1.165, 1.54) is 26.2 Å². The largest absolute Gasteiger partial charge is 0.492 e. The van der Waals surface area contributed by atoms with E-state index in [0.29, 0.717) is 18.0 Å². The van der Waals surface area contributed by atoms with Gasteiger partial charge in [-0.15, -0.1) is 0 Å². The molecule has 8 heteroatoms. The highest BCUT2D eigenvalue weighted by molar-refractivity contribution is 7.89. The Morgan fingerprint density at radius 2 is 1.57 bits per heavy atom. The summed E-state index contributed by atoms with van der Waals surface area (Å²) < 4.78 is 36.2. The van der Waals surface area contributed by atoms with Crippen molar-refractivity contribution >= 4 is 15.9 Å². The third-order valence-electron chi connectivity index (χ3n) is 3.86. The van der Waals surface area contributed by atoms with Gasteiger partial charge in [0.05, 0.1) is 11.4 Å². The number of carbonyl (C=O) groups is 1. The molecule has 0 radical (unpaired) electrons. The van der Waals surface area contributed by atoms with Gasteiger partial charge in [-0.25, -0.2) is 12.7 Å². The van der Waals surface area contributed by atoms with E-state index in [1.54, 1.807) is 12.1 Å². The molecule has 0 unspecified atom stereocenters. The summed E-state index contributed by atoms with van der Waals surface area (Å²) in [5.41, 5.74) is 2.15. The van der Waals surface area contributed by atoms with Crippen LogP contribution in [0.1, 0.15) is 11.1 Å². The highest BCUT2D eigenvalue weighted by atomic mass is 32.2. The van der Waals surface area contributed by atoms with Crippen molar-refractivity contribution in [3.8, 4) is 11.5 Å². The first kappa shape index (κ1) is 21.7. The number of sulfonamides is 1. The lowest BCUT2D eigenvalue weighted by Gasteiger charge is -2.12. The van der Waals surface area contributed by atoms with Crippen molar-refractivity contribution in [1.29, 1.82) is 0 Å². The predicted octanol–water partition coefficient (Wildman–Crippen LogP) is 2.13. The molecule has 0 saturated carbocycles. The second-order valence-electron chi connectivity index (χ2n) is 6.57. The number of hydrogen-bond acceptors (Lipinski definition) is 5. The molecule has 2 rings (SSSR count). The van der Waals surface area contributed by atoms with E-state index in [2.05, 4.69) is 5.32 Å². The minimum absolute atomic E-state index is 0.0695. The van der Waals surface area contributed by atoms with Gasteiger partial charge in [-0.2, -0.15) is 0 Å². The number of hydrogen-bond donors (Lipinski definition) is 1. The Morgan fingerprint density at radius 1 is 0.964 bits per heavy atom. The van der Waals surface area contributed by atoms with E-state index >= 15 is 0 Å². The van der Waals surface area contributed by atoms with E-state index in [4.69, 9.17) is 9.47 Å². The molecular weight excluding hydrogens is 380 g/mol. The molecule has 0 atom stereocenters. The maximum absolute atomic E-state index is 12.0. The molecule has 0 saturated heterocycles. The molecule has 0 aliphatic rings. The lowest BCUT2D eigenvalue weighted by atomic mass is 10.1. The van der Waals surface area contributed by atoms with Crippen molar-refractivity contribution in [3.05, 3.63) is 53.6 Å². The first-order chi connectivity index (χ1) is 13.2. The Labute approximate surface area is 166 Å². The van der Waals surface area contributed by atoms with Gasteiger partial charge in [-0.3, -0.25) is 4.79 Å². The standard InChI is InChI=1S/C20H26N2O5S/c1-15-11-16(2)13-18(12-15)27-14-20(23)21-9-10-26-17-5-7-19(8-6-17)28(24,25)22(3)4/h5-8,11-13H,9-10,14H2,1-4H3,(H,21,23). The van der Waals surface area contributed by atoms with E-state index in [1.807, 2.05) is 32.0 Å². The lowest BCUT2D eigenvalue weighted by molar-refractivity contribution is -0.123. The van der Waals surface area contributed by atoms with Crippen molar-refractivity contribution in [2.24, 2.45) is 0 Å². The van der Waals surface area contributed by atoms with Gasteiger partial charge in [0.1, 0.15) is 18.1 Å². The third kappa shape index (κ3) is 6.24. The maximum atomic E-state index is 12.0. The summed E-state index contributed by atoms with van der Waals surface area (Å²) in [7, 11) is -0.501. The van der Waals surface area contributed by atoms with Crippen LogP contribution >= 0.6 is 0 Å². The average molecular weight is 407 g/mol. The summed E-state index contributed by atoms with van der Waals surface area (Å²) in [6, 6.07) is 11.9. The molecule has 1 N–H and O–H groups in total. The molecule has 0 fully saturated rings. The monoisotopic (exact) mass is 406 g/mol. The summed E-state index contributed by atoms with van der Waals surface area (Å²) >= 11 is 0. The number of carbonyl (C=O) groups excluding carboxylic acids is 1. The van der Waals surface area contributed by atoms with E-state index < -0.39 is 10.0 Å². The van der Waals surface area contributed by atoms with Gasteiger partial charge in [0.25, 0.3) is 5.91 Å². The molecule has 1 amide bonds. The number of benzene rings is 2. The van der Waals surface area contributed by atoms with Crippen LogP contribution in [-0.2, 0) is 14.8 Å². The lowest BCUT2D eigenvalue weighted by Crippen LogP contribution is -2.32. The fraction of sp³-hybridized carbons (Fsp3) is 0.350. The summed E-state index contributed by atoms with van der Waals surface area (Å²) in [5, 5.41) is 2.71. The van der Waals surface area contributed by atoms with Crippen LogP contribution < -0.4 is 14.8 Å². The zero-order chi connectivity index (χ0) is 20.7. The normalized spacial score (nSPS) is 11.3. The molecule has 0 bridgehead atoms. The van der Waals surface area contributed by atoms with Gasteiger partial charge in [-0.05, 0) is 61.4 Å². The SMILES string of the molecule is Cc1cc(C)cc(OCC(=O)NCCOc2ccc(S(=O)(=O)N(C)C)cc2)c1. The number of nitrogens with zero attached hydrogens (tertiary/aromatic N) is 1. The zero-order valence-electron chi connectivity index (χ0n) is 16.6. The van der Waals surface area contributed by atoms with Crippen LogP contribution in [-0.4, -0.2) is 52.5 Å². The molecule has 2 aromatic rings. The fourth-order valence-electron chi connectivity index (χ4n) is 2.49. The van der Waals surface area contributed by atoms with E-state index in [-0.39, 0.29) is 24.0 Å². The quantitative estimate of drug-likeness (QED) is 0.645. The second-order valence-corrected chi connectivity index (χ2v) is 8.72. The molecule has 152 valence electrons. The fourth-order valence-corrected chi connectivity index (χ4v) is 3.40. The van der Waals surface area contributed by atoms with Crippen molar-refractivity contribution in [1.82, 2.24) is 9.62 Å². The molecule has 28 heavy (non-hydrogen) atoms. The number of nitrogens with one attached hydrogen (secondary N) is 1. The van der Waals surface area contributed by atoms with Crippen LogP contribution in [0.3, 0.4) is 0 Å². The van der Waals surface area contributed by atoms with Crippen LogP contribution in [0.5, 0.6) is 11.5 Å². The Morgan fingerprint density at radius 3 is 2.14 bits per heavy atom. The molecule has 7 nitrogen and oxygen atoms in total. The highest BCUT2D eigenvalue weighted by Gasteiger charge is 2.16. The number of rotatable bonds is 9. The van der Waals surface area contributed by atoms with Gasteiger partial charge in [0.15, 0.2) is 6.61 Å². The molecule has 0 heterocycles. The topological polar surface area (TPSA) is 84.9 Å². The van der Waals surface area contributed by atoms with E-state index in [0.717, 1.165) is 15.4 Å². The second kappa shape index (κ2) is 9.57. The van der Waals surface area contributed by atoms with E-state index in [9.17, 15) is 13.2 Å². The number of amides is 1. The Hall–Kier alpha value is -2.58. The van der Waals surface area contributed by atoms with Gasteiger partial charge >= 0.3 is 0 Å². The van der Waals surface area contributed by atoms with Gasteiger partial charge in [-0.1, -0.05) is 6.07 Å². The molecule has 2 aromatic carbocycles. The Balaban J connectivity index is 1.73. The minimum Gasteiger partial charge on any atom is -0.492 e. The van der Waals surface area contributed by atoms with Crippen molar-refractivity contribution in [3.63, 3.8) is 0 Å². The molecular formula is C20H26N2O5S. The zero-order valence-corrected chi connectivity index (χ0v) is 17.4. The Bertz CT molecular complexity index is 888. The molecule has 0 aliphatic carbocycles. The van der Waals surface area contributed by atoms with Gasteiger partial charge < -0.3 is 14.8 Å². The van der Waals surface area contributed by atoms with Crippen LogP contribution in [0.15, 0.2) is 47.4 Å². The molecule has 0 aliphatic heterocycles. The van der Waals surface area contributed by atoms with Crippen LogP contribution in [0.2, 0.25) is 0 Å². The van der Waals surface area contributed by atoms with Crippen LogP contribution in [0, 0.1) is 13.8 Å². The smallest absolute Gasteiger partial charge is 0.258 e. The first-order valence-corrected chi connectivity index (χ1v) is 10.3. The molecule has 0 aromatic heterocycles. The number of ether oxygens (including phenoxy) is 2. The summed E-state index contributed by atoms with van der Waals surface area (Å²) in [6.07, 6.45) is 0. The van der Waals surface area contributed by atoms with Gasteiger partial charge in [0, 0.05) is 14.1 Å². The van der Waals surface area contributed by atoms with Crippen molar-refractivity contribution in [2.45, 2.75) is 18.7 Å². The first-order valence-electron chi connectivity index (χ1n) is 8.81. The summed E-state index contributed by atoms with van der Waals surface area (Å²) in [4.78, 5) is 12.0. The van der Waals surface area contributed by atoms with Crippen molar-refractivity contribution < 1.29 is 22.7 Å². The highest BCUT2D eigenvalue weighted by Crippen LogP contribution is 2.18. The summed E-state index contributed by atoms with van der Waals surface area (Å²) in [6.45, 7) is 4.45. The average Bonchev–Trinajstić information content (AvgIpc) is 2.63. The van der Waals surface area contributed by atoms with Crippen LogP contribution in [0.25, 0.3) is 0 Å². The molecule has 0 spiro atoms. The maximum Gasteiger partial charge on any atom is 0.258 e. The summed E-state index contributed by atoms with van der Waals surface area (Å²) in [5.74, 6) is 0.949. The number of aryl methyl sites for hydroxylation is 2. The van der Waals surface area contributed by atoms with Gasteiger partial charge in [0.2, 0.25) is 10.0 Å². The van der Waals surface area contributed by atoms with Crippen LogP contribution in [0.4, 0.5) is 0 Å².